The topological polar surface area (TPSA) is 190 Å². The summed E-state index contributed by atoms with van der Waals surface area (Å²) in [4.78, 5) is 23.2. The summed E-state index contributed by atoms with van der Waals surface area (Å²) >= 11 is 4.03. The number of aromatic nitrogens is 2. The molecule has 0 bridgehead atoms. The Morgan fingerprint density at radius 3 is 2.25 bits per heavy atom. The number of hydrogen-bond acceptors (Lipinski definition) is 15. The fourth-order valence-electron chi connectivity index (χ4n) is 2.44. The van der Waals surface area contributed by atoms with Crippen molar-refractivity contribution in [3.63, 3.8) is 0 Å². The molecule has 0 amide bonds. The molecule has 0 unspecified atom stereocenters. The van der Waals surface area contributed by atoms with E-state index in [9.17, 15) is 23.8 Å². The van der Waals surface area contributed by atoms with Crippen molar-refractivity contribution >= 4 is 59.1 Å². The SMILES string of the molecule is CC(C)OC(=O)OCOP(=O)(CCSc1nonc1/C(=N/O)Nc1ccc(F)c(Br)c1)OCOC(=O)OC(C)C. The number of benzene rings is 1. The Hall–Kier alpha value is -2.92. The summed E-state index contributed by atoms with van der Waals surface area (Å²) < 4.78 is 61.0. The number of amidine groups is 1. The number of nitrogens with one attached hydrogen (secondary N) is 1. The lowest BCUT2D eigenvalue weighted by Gasteiger charge is -2.18. The van der Waals surface area contributed by atoms with Crippen molar-refractivity contribution in [2.75, 3.05) is 30.8 Å². The Labute approximate surface area is 240 Å². The zero-order chi connectivity index (χ0) is 29.7. The number of nitrogens with zero attached hydrogens (tertiary/aromatic N) is 3. The van der Waals surface area contributed by atoms with Crippen LogP contribution < -0.4 is 5.32 Å². The second-order valence-corrected chi connectivity index (χ2v) is 12.0. The number of halogens is 2. The van der Waals surface area contributed by atoms with Crippen LogP contribution in [0, 0.1) is 5.82 Å². The molecule has 1 heterocycles. The van der Waals surface area contributed by atoms with Gasteiger partial charge in [-0.15, -0.1) is 0 Å². The van der Waals surface area contributed by atoms with Crippen LogP contribution in [0.15, 0.2) is 37.5 Å². The first-order chi connectivity index (χ1) is 18.9. The van der Waals surface area contributed by atoms with Gasteiger partial charge in [0.1, 0.15) is 5.82 Å². The van der Waals surface area contributed by atoms with Gasteiger partial charge >= 0.3 is 19.9 Å². The first-order valence-corrected chi connectivity index (χ1v) is 14.9. The van der Waals surface area contributed by atoms with Gasteiger partial charge in [0.2, 0.25) is 19.4 Å². The zero-order valence-electron chi connectivity index (χ0n) is 21.7. The molecule has 1 aromatic carbocycles. The molecular formula is C21H27BrFN4O11PS. The standard InChI is InChI=1S/C21H27BrFN4O11PS/c1-12(2)36-20(28)32-10-34-39(31,35-11-33-21(29)37-13(3)4)7-8-40-19-17(26-38-27-19)18(25-30)24-14-5-6-16(23)15(22)9-14/h5-6,9,12-13,30H,7-8,10-11H2,1-4H3,(H,24,25). The zero-order valence-corrected chi connectivity index (χ0v) is 25.0. The minimum atomic E-state index is -4.03. The largest absolute Gasteiger partial charge is 0.510 e. The lowest BCUT2D eigenvalue weighted by atomic mass is 10.3. The second-order valence-electron chi connectivity index (χ2n) is 7.92. The highest BCUT2D eigenvalue weighted by atomic mass is 79.9. The van der Waals surface area contributed by atoms with E-state index >= 15 is 0 Å². The minimum Gasteiger partial charge on any atom is -0.432 e. The van der Waals surface area contributed by atoms with Crippen LogP contribution in [-0.2, 0) is 32.6 Å². The average Bonchev–Trinajstić information content (AvgIpc) is 3.32. The van der Waals surface area contributed by atoms with Crippen LogP contribution in [0.3, 0.4) is 0 Å². The van der Waals surface area contributed by atoms with E-state index in [1.165, 1.54) is 18.2 Å². The fraction of sp³-hybridized carbons (Fsp3) is 0.476. The number of carbonyl (C=O) groups is 2. The van der Waals surface area contributed by atoms with Crippen molar-refractivity contribution < 1.29 is 56.4 Å². The summed E-state index contributed by atoms with van der Waals surface area (Å²) in [6.07, 6.45) is -3.31. The molecule has 19 heteroatoms. The summed E-state index contributed by atoms with van der Waals surface area (Å²) in [6, 6.07) is 3.99. The van der Waals surface area contributed by atoms with Crippen LogP contribution in [-0.4, -0.2) is 71.4 Å². The number of oxime groups is 1. The van der Waals surface area contributed by atoms with Gasteiger partial charge in [0.25, 0.3) is 0 Å². The van der Waals surface area contributed by atoms with E-state index in [-0.39, 0.29) is 32.9 Å². The summed E-state index contributed by atoms with van der Waals surface area (Å²) in [7, 11) is -4.03. The van der Waals surface area contributed by atoms with Crippen LogP contribution in [0.1, 0.15) is 33.4 Å². The van der Waals surface area contributed by atoms with Gasteiger partial charge in [-0.2, -0.15) is 0 Å². The number of hydrogen-bond donors (Lipinski definition) is 2. The first-order valence-electron chi connectivity index (χ1n) is 11.4. The van der Waals surface area contributed by atoms with Gasteiger partial charge in [0, 0.05) is 11.4 Å². The maximum atomic E-state index is 13.5. The molecule has 0 radical (unpaired) electrons. The average molecular weight is 673 g/mol. The Bertz CT molecular complexity index is 1190. The van der Waals surface area contributed by atoms with Crippen molar-refractivity contribution in [3.8, 4) is 0 Å². The third kappa shape index (κ3) is 11.7. The molecule has 0 spiro atoms. The van der Waals surface area contributed by atoms with Gasteiger partial charge in [-0.25, -0.2) is 18.6 Å². The first kappa shape index (κ1) is 33.3. The summed E-state index contributed by atoms with van der Waals surface area (Å²) in [5, 5.41) is 23.0. The van der Waals surface area contributed by atoms with Crippen LogP contribution in [0.5, 0.6) is 0 Å². The third-order valence-corrected chi connectivity index (χ3v) is 7.71. The molecule has 0 aliphatic rings. The predicted octanol–water partition coefficient (Wildman–Crippen LogP) is 5.58. The summed E-state index contributed by atoms with van der Waals surface area (Å²) in [6.45, 7) is 4.87. The third-order valence-electron chi connectivity index (χ3n) is 4.09. The Morgan fingerprint density at radius 1 is 1.12 bits per heavy atom. The van der Waals surface area contributed by atoms with E-state index < -0.39 is 51.5 Å². The highest BCUT2D eigenvalue weighted by Gasteiger charge is 2.28. The molecule has 15 nitrogen and oxygen atoms in total. The number of rotatable bonds is 14. The monoisotopic (exact) mass is 672 g/mol. The summed E-state index contributed by atoms with van der Waals surface area (Å²) in [5.74, 6) is -0.663. The van der Waals surface area contributed by atoms with Crippen LogP contribution in [0.25, 0.3) is 0 Å². The van der Waals surface area contributed by atoms with Gasteiger partial charge in [0.15, 0.2) is 10.7 Å². The van der Waals surface area contributed by atoms with E-state index in [0.29, 0.717) is 5.69 Å². The molecule has 222 valence electrons. The van der Waals surface area contributed by atoms with Crippen LogP contribution in [0.4, 0.5) is 19.7 Å². The van der Waals surface area contributed by atoms with E-state index in [1.54, 1.807) is 27.7 Å². The molecule has 0 saturated carbocycles. The Kier molecular flexibility index (Phi) is 13.6. The van der Waals surface area contributed by atoms with Crippen molar-refractivity contribution in [1.82, 2.24) is 10.3 Å². The van der Waals surface area contributed by atoms with Crippen molar-refractivity contribution in [2.45, 2.75) is 44.9 Å². The molecule has 2 aromatic rings. The summed E-state index contributed by atoms with van der Waals surface area (Å²) in [5.41, 5.74) is 0.349. The van der Waals surface area contributed by atoms with E-state index in [4.69, 9.17) is 32.6 Å². The van der Waals surface area contributed by atoms with Crippen molar-refractivity contribution in [1.29, 1.82) is 0 Å². The van der Waals surface area contributed by atoms with Crippen LogP contribution >= 0.6 is 35.3 Å². The van der Waals surface area contributed by atoms with Crippen molar-refractivity contribution in [2.24, 2.45) is 5.16 Å². The number of carbonyl (C=O) groups excluding carboxylic acids is 2. The van der Waals surface area contributed by atoms with Gasteiger partial charge < -0.3 is 29.5 Å². The van der Waals surface area contributed by atoms with Gasteiger partial charge in [-0.3, -0.25) is 13.6 Å². The molecule has 2 N–H and O–H groups in total. The molecule has 0 aliphatic carbocycles. The quantitative estimate of drug-likeness (QED) is 0.0369. The minimum absolute atomic E-state index is 0.00613. The van der Waals surface area contributed by atoms with Crippen molar-refractivity contribution in [3.05, 3.63) is 34.2 Å². The molecule has 0 fully saturated rings. The Morgan fingerprint density at radius 2 is 1.73 bits per heavy atom. The second kappa shape index (κ2) is 16.4. The van der Waals surface area contributed by atoms with Crippen LogP contribution in [0.2, 0.25) is 0 Å². The maximum absolute atomic E-state index is 13.5. The highest BCUT2D eigenvalue weighted by molar-refractivity contribution is 9.10. The molecule has 0 saturated heterocycles. The van der Waals surface area contributed by atoms with E-state index in [2.05, 4.69) is 36.7 Å². The molecule has 1 aromatic heterocycles. The molecule has 40 heavy (non-hydrogen) atoms. The molecule has 0 atom stereocenters. The Balaban J connectivity index is 2.03. The van der Waals surface area contributed by atoms with E-state index in [1.807, 2.05) is 0 Å². The maximum Gasteiger partial charge on any atom is 0.510 e. The fourth-order valence-corrected chi connectivity index (χ4v) is 5.39. The molecule has 2 rings (SSSR count). The normalized spacial score (nSPS) is 11.9. The number of thioether (sulfide) groups is 1. The van der Waals surface area contributed by atoms with Gasteiger partial charge in [-0.05, 0) is 72.1 Å². The smallest absolute Gasteiger partial charge is 0.432 e. The lowest BCUT2D eigenvalue weighted by Crippen LogP contribution is -2.17. The lowest BCUT2D eigenvalue weighted by molar-refractivity contribution is -0.0300. The van der Waals surface area contributed by atoms with Gasteiger partial charge in [0.05, 0.1) is 22.8 Å². The molecule has 0 aliphatic heterocycles. The molecular weight excluding hydrogens is 646 g/mol. The highest BCUT2D eigenvalue weighted by Crippen LogP contribution is 2.49. The van der Waals surface area contributed by atoms with E-state index in [0.717, 1.165) is 11.8 Å². The predicted molar refractivity (Wildman–Crippen MR) is 141 cm³/mol. The number of anilines is 1. The van der Waals surface area contributed by atoms with Gasteiger partial charge in [-0.1, -0.05) is 16.9 Å². The number of ether oxygens (including phenoxy) is 4.